The van der Waals surface area contributed by atoms with Crippen molar-refractivity contribution < 1.29 is 9.15 Å². The van der Waals surface area contributed by atoms with Gasteiger partial charge in [-0.2, -0.15) is 0 Å². The fourth-order valence-electron chi connectivity index (χ4n) is 2.38. The second-order valence-corrected chi connectivity index (χ2v) is 5.17. The molecule has 0 fully saturated rings. The molecule has 0 bridgehead atoms. The number of fused-ring (bicyclic) bond motifs is 1. The van der Waals surface area contributed by atoms with Gasteiger partial charge in [0.1, 0.15) is 12.0 Å². The van der Waals surface area contributed by atoms with Crippen LogP contribution in [-0.2, 0) is 0 Å². The lowest BCUT2D eigenvalue weighted by Crippen LogP contribution is -2.11. The first-order valence-electron chi connectivity index (χ1n) is 6.83. The van der Waals surface area contributed by atoms with E-state index >= 15 is 0 Å². The molecule has 0 saturated carbocycles. The van der Waals surface area contributed by atoms with Gasteiger partial charge in [-0.05, 0) is 31.2 Å². The van der Waals surface area contributed by atoms with Gasteiger partial charge in [0.25, 0.3) is 0 Å². The van der Waals surface area contributed by atoms with Crippen LogP contribution in [0, 0.1) is 0 Å². The highest BCUT2D eigenvalue weighted by Gasteiger charge is 2.16. The maximum atomic E-state index is 6.13. The number of hydrogen-bond acceptors (Lipinski definition) is 3. The zero-order valence-corrected chi connectivity index (χ0v) is 12.7. The predicted octanol–water partition coefficient (Wildman–Crippen LogP) is 5.25. The molecule has 0 unspecified atom stereocenters. The van der Waals surface area contributed by atoms with Crippen LogP contribution in [0.3, 0.4) is 0 Å². The standard InChI is InChI=1S/C17H16ClNO2/c1-3-20-16-9-8-13(18)10-15(16)19(2)17-14-7-5-4-6-12(14)11-21-17/h4-11H,3H2,1-2H3. The van der Waals surface area contributed by atoms with E-state index in [9.17, 15) is 0 Å². The third-order valence-electron chi connectivity index (χ3n) is 3.38. The molecule has 0 radical (unpaired) electrons. The molecule has 4 heteroatoms. The topological polar surface area (TPSA) is 25.6 Å². The van der Waals surface area contributed by atoms with Gasteiger partial charge in [-0.15, -0.1) is 0 Å². The normalized spacial score (nSPS) is 10.8. The first-order chi connectivity index (χ1) is 10.2. The van der Waals surface area contributed by atoms with Gasteiger partial charge >= 0.3 is 0 Å². The molecule has 21 heavy (non-hydrogen) atoms. The average molecular weight is 302 g/mol. The Labute approximate surface area is 128 Å². The maximum absolute atomic E-state index is 6.13. The summed E-state index contributed by atoms with van der Waals surface area (Å²) in [5.74, 6) is 1.55. The third kappa shape index (κ3) is 2.57. The van der Waals surface area contributed by atoms with Crippen LogP contribution in [0.2, 0.25) is 5.02 Å². The van der Waals surface area contributed by atoms with Crippen LogP contribution in [0.25, 0.3) is 10.8 Å². The van der Waals surface area contributed by atoms with Crippen molar-refractivity contribution in [3.63, 3.8) is 0 Å². The minimum absolute atomic E-state index is 0.599. The molecule has 0 N–H and O–H groups in total. The Balaban J connectivity index is 2.09. The van der Waals surface area contributed by atoms with Crippen LogP contribution < -0.4 is 9.64 Å². The Kier molecular flexibility index (Phi) is 3.76. The molecule has 0 aliphatic heterocycles. The van der Waals surface area contributed by atoms with Crippen molar-refractivity contribution in [2.45, 2.75) is 6.92 Å². The van der Waals surface area contributed by atoms with Crippen molar-refractivity contribution in [1.29, 1.82) is 0 Å². The third-order valence-corrected chi connectivity index (χ3v) is 3.61. The summed E-state index contributed by atoms with van der Waals surface area (Å²) in [6.07, 6.45) is 1.76. The van der Waals surface area contributed by atoms with Crippen LogP contribution in [0.1, 0.15) is 6.92 Å². The molecule has 3 rings (SSSR count). The van der Waals surface area contributed by atoms with Gasteiger partial charge in [-0.25, -0.2) is 0 Å². The Morgan fingerprint density at radius 2 is 2.00 bits per heavy atom. The summed E-state index contributed by atoms with van der Waals surface area (Å²) in [5, 5.41) is 2.79. The number of ether oxygens (including phenoxy) is 1. The molecule has 2 aromatic carbocycles. The van der Waals surface area contributed by atoms with Crippen molar-refractivity contribution in [2.24, 2.45) is 0 Å². The molecular formula is C17H16ClNO2. The van der Waals surface area contributed by atoms with E-state index in [4.69, 9.17) is 20.8 Å². The molecule has 0 atom stereocenters. The summed E-state index contributed by atoms with van der Waals surface area (Å²) in [7, 11) is 1.94. The van der Waals surface area contributed by atoms with Crippen LogP contribution in [0.4, 0.5) is 11.6 Å². The fraction of sp³-hybridized carbons (Fsp3) is 0.176. The molecule has 1 heterocycles. The van der Waals surface area contributed by atoms with E-state index in [1.54, 1.807) is 6.26 Å². The van der Waals surface area contributed by atoms with Crippen LogP contribution >= 0.6 is 11.6 Å². The van der Waals surface area contributed by atoms with E-state index in [1.165, 1.54) is 0 Å². The van der Waals surface area contributed by atoms with E-state index in [2.05, 4.69) is 0 Å². The summed E-state index contributed by atoms with van der Waals surface area (Å²) >= 11 is 6.13. The molecule has 108 valence electrons. The Hall–Kier alpha value is -2.13. The highest BCUT2D eigenvalue weighted by Crippen LogP contribution is 2.38. The van der Waals surface area contributed by atoms with Gasteiger partial charge in [0.05, 0.1) is 12.3 Å². The molecule has 0 saturated heterocycles. The van der Waals surface area contributed by atoms with E-state index in [-0.39, 0.29) is 0 Å². The summed E-state index contributed by atoms with van der Waals surface area (Å²) in [4.78, 5) is 1.96. The van der Waals surface area contributed by atoms with Gasteiger partial charge in [0, 0.05) is 22.8 Å². The number of nitrogens with zero attached hydrogens (tertiary/aromatic N) is 1. The van der Waals surface area contributed by atoms with Crippen LogP contribution in [-0.4, -0.2) is 13.7 Å². The van der Waals surface area contributed by atoms with Crippen LogP contribution in [0.5, 0.6) is 5.75 Å². The Morgan fingerprint density at radius 3 is 2.81 bits per heavy atom. The van der Waals surface area contributed by atoms with Gasteiger partial charge < -0.3 is 14.1 Å². The summed E-state index contributed by atoms with van der Waals surface area (Å²) in [6, 6.07) is 13.6. The van der Waals surface area contributed by atoms with Crippen molar-refractivity contribution in [3.05, 3.63) is 53.8 Å². The number of halogens is 1. The van der Waals surface area contributed by atoms with E-state index in [0.717, 1.165) is 28.1 Å². The first-order valence-corrected chi connectivity index (χ1v) is 7.21. The Bertz CT molecular complexity index is 766. The number of benzene rings is 2. The molecule has 3 aromatic rings. The highest BCUT2D eigenvalue weighted by atomic mass is 35.5. The molecular weight excluding hydrogens is 286 g/mol. The van der Waals surface area contributed by atoms with E-state index < -0.39 is 0 Å². The number of furan rings is 1. The SMILES string of the molecule is CCOc1ccc(Cl)cc1N(C)c1occ2ccccc12. The largest absolute Gasteiger partial charge is 0.492 e. The minimum Gasteiger partial charge on any atom is -0.492 e. The van der Waals surface area contributed by atoms with Gasteiger partial charge in [0.2, 0.25) is 5.88 Å². The Morgan fingerprint density at radius 1 is 1.19 bits per heavy atom. The lowest BCUT2D eigenvalue weighted by atomic mass is 10.2. The van der Waals surface area contributed by atoms with E-state index in [0.29, 0.717) is 11.6 Å². The second-order valence-electron chi connectivity index (χ2n) is 4.73. The highest BCUT2D eigenvalue weighted by molar-refractivity contribution is 6.31. The smallest absolute Gasteiger partial charge is 0.207 e. The predicted molar refractivity (Wildman–Crippen MR) is 86.9 cm³/mol. The molecule has 0 amide bonds. The van der Waals surface area contributed by atoms with Gasteiger partial charge in [0.15, 0.2) is 0 Å². The zero-order valence-electron chi connectivity index (χ0n) is 12.0. The minimum atomic E-state index is 0.599. The van der Waals surface area contributed by atoms with Crippen molar-refractivity contribution in [1.82, 2.24) is 0 Å². The summed E-state index contributed by atoms with van der Waals surface area (Å²) in [6.45, 7) is 2.56. The monoisotopic (exact) mass is 301 g/mol. The molecule has 3 nitrogen and oxygen atoms in total. The fourth-order valence-corrected chi connectivity index (χ4v) is 2.54. The average Bonchev–Trinajstić information content (AvgIpc) is 2.92. The summed E-state index contributed by atoms with van der Waals surface area (Å²) in [5.41, 5.74) is 0.879. The maximum Gasteiger partial charge on any atom is 0.207 e. The number of anilines is 2. The number of rotatable bonds is 4. The lowest BCUT2D eigenvalue weighted by Gasteiger charge is -2.20. The second kappa shape index (κ2) is 5.70. The lowest BCUT2D eigenvalue weighted by molar-refractivity contribution is 0.341. The molecule has 1 aromatic heterocycles. The molecule has 0 spiro atoms. The van der Waals surface area contributed by atoms with Crippen LogP contribution in [0.15, 0.2) is 53.1 Å². The van der Waals surface area contributed by atoms with Crippen molar-refractivity contribution >= 4 is 33.9 Å². The molecule has 0 aliphatic rings. The van der Waals surface area contributed by atoms with Gasteiger partial charge in [-0.1, -0.05) is 29.8 Å². The zero-order chi connectivity index (χ0) is 14.8. The van der Waals surface area contributed by atoms with E-state index in [1.807, 2.05) is 61.3 Å². The number of hydrogen-bond donors (Lipinski definition) is 0. The molecule has 0 aliphatic carbocycles. The quantitative estimate of drug-likeness (QED) is 0.658. The van der Waals surface area contributed by atoms with Gasteiger partial charge in [-0.3, -0.25) is 0 Å². The summed E-state index contributed by atoms with van der Waals surface area (Å²) < 4.78 is 11.4. The van der Waals surface area contributed by atoms with Crippen molar-refractivity contribution in [2.75, 3.05) is 18.6 Å². The first kappa shape index (κ1) is 13.8. The van der Waals surface area contributed by atoms with Crippen molar-refractivity contribution in [3.8, 4) is 5.75 Å².